The van der Waals surface area contributed by atoms with Gasteiger partial charge in [0.1, 0.15) is 10.4 Å². The maximum atomic E-state index is 10.5. The number of aromatic nitrogens is 2. The van der Waals surface area contributed by atoms with E-state index in [1.165, 1.54) is 32.1 Å². The van der Waals surface area contributed by atoms with Crippen LogP contribution in [-0.4, -0.2) is 21.0 Å². The van der Waals surface area contributed by atoms with Gasteiger partial charge >= 0.3 is 5.97 Å². The molecule has 1 saturated carbocycles. The highest BCUT2D eigenvalue weighted by Gasteiger charge is 2.21. The Labute approximate surface area is 109 Å². The van der Waals surface area contributed by atoms with Gasteiger partial charge in [-0.2, -0.15) is 0 Å². The molecule has 4 nitrogen and oxygen atoms in total. The molecule has 0 spiro atoms. The Morgan fingerprint density at radius 3 is 2.76 bits per heavy atom. The first kappa shape index (κ1) is 12.6. The maximum absolute atomic E-state index is 10.5. The van der Waals surface area contributed by atoms with Gasteiger partial charge in [-0.25, -0.2) is 4.98 Å². The van der Waals surface area contributed by atoms with Crippen molar-refractivity contribution in [1.29, 1.82) is 0 Å². The lowest BCUT2D eigenvalue weighted by Gasteiger charge is -2.20. The first-order valence-corrected chi connectivity index (χ1v) is 6.92. The number of aryl methyl sites for hydroxylation is 1. The molecule has 2 rings (SSSR count). The fraction of sp³-hybridized carbons (Fsp3) is 0.667. The summed E-state index contributed by atoms with van der Waals surface area (Å²) < 4.78 is 0.866. The quantitative estimate of drug-likeness (QED) is 0.897. The minimum Gasteiger partial charge on any atom is -0.481 e. The molecule has 1 aliphatic carbocycles. The van der Waals surface area contributed by atoms with Gasteiger partial charge in [-0.3, -0.25) is 4.79 Å². The van der Waals surface area contributed by atoms with Crippen molar-refractivity contribution in [3.8, 4) is 0 Å². The molecule has 1 fully saturated rings. The van der Waals surface area contributed by atoms with Crippen molar-refractivity contribution in [1.82, 2.24) is 9.97 Å². The molecule has 0 unspecified atom stereocenters. The van der Waals surface area contributed by atoms with Crippen LogP contribution in [-0.2, 0) is 11.2 Å². The van der Waals surface area contributed by atoms with Crippen LogP contribution in [0.25, 0.3) is 0 Å². The second kappa shape index (κ2) is 5.67. The second-order valence-electron chi connectivity index (χ2n) is 4.62. The number of H-pyrrole nitrogens is 1. The molecule has 1 aromatic rings. The van der Waals surface area contributed by atoms with Crippen molar-refractivity contribution in [3.05, 3.63) is 16.1 Å². The highest BCUT2D eigenvalue weighted by atomic mass is 79.9. The van der Waals surface area contributed by atoms with E-state index in [1.54, 1.807) is 0 Å². The van der Waals surface area contributed by atoms with E-state index < -0.39 is 5.97 Å². The highest BCUT2D eigenvalue weighted by Crippen LogP contribution is 2.35. The normalized spacial score (nSPS) is 17.2. The molecular weight excluding hydrogens is 284 g/mol. The Bertz CT molecular complexity index is 397. The summed E-state index contributed by atoms with van der Waals surface area (Å²) in [7, 11) is 0. The molecule has 0 bridgehead atoms. The Hall–Kier alpha value is -0.840. The lowest BCUT2D eigenvalue weighted by Crippen LogP contribution is -2.05. The first-order valence-electron chi connectivity index (χ1n) is 6.13. The van der Waals surface area contributed by atoms with Crippen LogP contribution in [0.15, 0.2) is 4.60 Å². The van der Waals surface area contributed by atoms with Gasteiger partial charge in [0.05, 0.1) is 12.1 Å². The van der Waals surface area contributed by atoms with E-state index in [0.717, 1.165) is 16.1 Å². The number of rotatable bonds is 4. The van der Waals surface area contributed by atoms with E-state index in [0.29, 0.717) is 12.3 Å². The molecule has 2 N–H and O–H groups in total. The van der Waals surface area contributed by atoms with Crippen molar-refractivity contribution >= 4 is 21.9 Å². The van der Waals surface area contributed by atoms with Gasteiger partial charge in [-0.15, -0.1) is 0 Å². The number of nitrogens with zero attached hydrogens (tertiary/aromatic N) is 1. The topological polar surface area (TPSA) is 66.0 Å². The van der Waals surface area contributed by atoms with Gasteiger partial charge in [0.15, 0.2) is 0 Å². The monoisotopic (exact) mass is 300 g/mol. The van der Waals surface area contributed by atoms with Crippen molar-refractivity contribution in [2.75, 3.05) is 0 Å². The third-order valence-corrected chi connectivity index (χ3v) is 3.93. The van der Waals surface area contributed by atoms with Crippen LogP contribution in [0.1, 0.15) is 56.0 Å². The minimum absolute atomic E-state index is 0.129. The Kier molecular flexibility index (Phi) is 4.20. The molecule has 0 aliphatic heterocycles. The lowest BCUT2D eigenvalue weighted by atomic mass is 9.87. The van der Waals surface area contributed by atoms with E-state index in [2.05, 4.69) is 25.9 Å². The average Bonchev–Trinajstić information content (AvgIpc) is 2.69. The van der Waals surface area contributed by atoms with Crippen molar-refractivity contribution in [2.45, 2.75) is 50.9 Å². The van der Waals surface area contributed by atoms with Gasteiger partial charge in [-0.05, 0) is 28.8 Å². The number of aromatic amines is 1. The number of imidazole rings is 1. The number of halogens is 1. The van der Waals surface area contributed by atoms with Gasteiger partial charge in [-0.1, -0.05) is 19.3 Å². The van der Waals surface area contributed by atoms with Crippen LogP contribution >= 0.6 is 15.9 Å². The zero-order chi connectivity index (χ0) is 12.3. The van der Waals surface area contributed by atoms with Crippen LogP contribution in [0, 0.1) is 0 Å². The van der Waals surface area contributed by atoms with E-state index in [4.69, 9.17) is 5.11 Å². The molecule has 1 aromatic heterocycles. The number of aliphatic carboxylic acids is 1. The molecule has 0 radical (unpaired) electrons. The maximum Gasteiger partial charge on any atom is 0.303 e. The third-order valence-electron chi connectivity index (χ3n) is 3.32. The zero-order valence-corrected chi connectivity index (χ0v) is 11.3. The van der Waals surface area contributed by atoms with E-state index in [9.17, 15) is 4.79 Å². The minimum atomic E-state index is -0.781. The molecule has 0 atom stereocenters. The number of hydrogen-bond acceptors (Lipinski definition) is 2. The number of carboxylic acid groups (broad SMARTS) is 1. The van der Waals surface area contributed by atoms with Crippen LogP contribution in [0.2, 0.25) is 0 Å². The molecule has 0 amide bonds. The van der Waals surface area contributed by atoms with Gasteiger partial charge in [0.25, 0.3) is 0 Å². The highest BCUT2D eigenvalue weighted by molar-refractivity contribution is 9.10. The molecule has 94 valence electrons. The summed E-state index contributed by atoms with van der Waals surface area (Å²) in [6.07, 6.45) is 6.90. The number of nitrogens with one attached hydrogen (secondary N) is 1. The third kappa shape index (κ3) is 3.31. The Morgan fingerprint density at radius 1 is 1.41 bits per heavy atom. The zero-order valence-electron chi connectivity index (χ0n) is 9.71. The van der Waals surface area contributed by atoms with E-state index in [1.807, 2.05) is 0 Å². The predicted molar refractivity (Wildman–Crippen MR) is 68.1 cm³/mol. The van der Waals surface area contributed by atoms with Crippen LogP contribution < -0.4 is 0 Å². The van der Waals surface area contributed by atoms with E-state index >= 15 is 0 Å². The molecule has 1 heterocycles. The Balaban J connectivity index is 2.04. The van der Waals surface area contributed by atoms with Crippen molar-refractivity contribution in [2.24, 2.45) is 0 Å². The summed E-state index contributed by atoms with van der Waals surface area (Å²) in [5.74, 6) is 0.556. The van der Waals surface area contributed by atoms with Crippen molar-refractivity contribution in [3.63, 3.8) is 0 Å². The smallest absolute Gasteiger partial charge is 0.303 e. The number of carbonyl (C=O) groups is 1. The summed E-state index contributed by atoms with van der Waals surface area (Å²) in [6, 6.07) is 0. The summed E-state index contributed by atoms with van der Waals surface area (Å²) in [4.78, 5) is 18.2. The summed E-state index contributed by atoms with van der Waals surface area (Å²) in [6.45, 7) is 0. The van der Waals surface area contributed by atoms with Crippen LogP contribution in [0.3, 0.4) is 0 Å². The Morgan fingerprint density at radius 2 is 2.12 bits per heavy atom. The standard InChI is InChI=1S/C12H17BrN2O2/c13-12-11(8-4-2-1-3-5-8)14-9(15-12)6-7-10(16)17/h8H,1-7H2,(H,14,15)(H,16,17). The van der Waals surface area contributed by atoms with Gasteiger partial charge in [0, 0.05) is 12.3 Å². The average molecular weight is 301 g/mol. The second-order valence-corrected chi connectivity index (χ2v) is 5.37. The predicted octanol–water partition coefficient (Wildman–Crippen LogP) is 3.24. The molecule has 0 aromatic carbocycles. The molecule has 0 saturated heterocycles. The number of hydrogen-bond donors (Lipinski definition) is 2. The molecule has 1 aliphatic rings. The number of carboxylic acids is 1. The first-order chi connectivity index (χ1) is 8.16. The van der Waals surface area contributed by atoms with Crippen molar-refractivity contribution < 1.29 is 9.90 Å². The lowest BCUT2D eigenvalue weighted by molar-refractivity contribution is -0.137. The fourth-order valence-electron chi connectivity index (χ4n) is 2.42. The SMILES string of the molecule is O=C(O)CCc1nc(Br)c(C2CCCCC2)[nH]1. The van der Waals surface area contributed by atoms with Gasteiger partial charge < -0.3 is 10.1 Å². The molecular formula is C12H17BrN2O2. The summed E-state index contributed by atoms with van der Waals surface area (Å²) >= 11 is 3.47. The summed E-state index contributed by atoms with van der Waals surface area (Å²) in [5.41, 5.74) is 1.16. The molecule has 5 heteroatoms. The summed E-state index contributed by atoms with van der Waals surface area (Å²) in [5, 5.41) is 8.65. The largest absolute Gasteiger partial charge is 0.481 e. The van der Waals surface area contributed by atoms with E-state index in [-0.39, 0.29) is 6.42 Å². The molecule has 17 heavy (non-hydrogen) atoms. The van der Waals surface area contributed by atoms with Gasteiger partial charge in [0.2, 0.25) is 0 Å². The fourth-order valence-corrected chi connectivity index (χ4v) is 3.06. The van der Waals surface area contributed by atoms with Crippen LogP contribution in [0.4, 0.5) is 0 Å². The van der Waals surface area contributed by atoms with Crippen LogP contribution in [0.5, 0.6) is 0 Å².